The van der Waals surface area contributed by atoms with Crippen LogP contribution in [0, 0.1) is 0 Å². The summed E-state index contributed by atoms with van der Waals surface area (Å²) >= 11 is -0.705. The molecule has 1 atom stereocenters. The van der Waals surface area contributed by atoms with Crippen LogP contribution in [-0.4, -0.2) is 0 Å². The zero-order chi connectivity index (χ0) is 10.2. The SMILES string of the molecule is CC1=CC=C[C]1(C)[Hf+2][C]1=C(C)C=CC1.[Cl-].[Cl-]. The number of hydrogen-bond acceptors (Lipinski definition) is 0. The molecule has 0 amide bonds. The van der Waals surface area contributed by atoms with E-state index in [0.29, 0.717) is 3.17 Å². The van der Waals surface area contributed by atoms with Gasteiger partial charge in [0.2, 0.25) is 0 Å². The van der Waals surface area contributed by atoms with E-state index in [1.54, 1.807) is 14.5 Å². The van der Waals surface area contributed by atoms with Crippen molar-refractivity contribution >= 4 is 0 Å². The van der Waals surface area contributed by atoms with E-state index in [4.69, 9.17) is 0 Å². The number of halogens is 2. The Hall–Kier alpha value is 0.410. The third kappa shape index (κ3) is 3.21. The van der Waals surface area contributed by atoms with Crippen molar-refractivity contribution in [1.29, 1.82) is 0 Å². The Kier molecular flexibility index (Phi) is 6.53. The summed E-state index contributed by atoms with van der Waals surface area (Å²) < 4.78 is 2.27. The van der Waals surface area contributed by atoms with Gasteiger partial charge < -0.3 is 24.8 Å². The first kappa shape index (κ1) is 16.4. The zero-order valence-corrected chi connectivity index (χ0v) is 15.0. The zero-order valence-electron chi connectivity index (χ0n) is 9.85. The maximum absolute atomic E-state index is 2.42. The summed E-state index contributed by atoms with van der Waals surface area (Å²) in [6, 6.07) is 0. The molecular formula is C13H16Cl2Hf. The topological polar surface area (TPSA) is 0 Å². The Morgan fingerprint density at radius 1 is 1.25 bits per heavy atom. The fourth-order valence-electron chi connectivity index (χ4n) is 1.91. The van der Waals surface area contributed by atoms with Gasteiger partial charge in [-0.1, -0.05) is 0 Å². The molecule has 1 unspecified atom stereocenters. The summed E-state index contributed by atoms with van der Waals surface area (Å²) in [6.45, 7) is 6.97. The monoisotopic (exact) mass is 422 g/mol. The first-order valence-corrected chi connectivity index (χ1v) is 8.72. The minimum atomic E-state index is -0.705. The van der Waals surface area contributed by atoms with Gasteiger partial charge >= 0.3 is 98.1 Å². The van der Waals surface area contributed by atoms with Crippen molar-refractivity contribution in [2.24, 2.45) is 0 Å². The van der Waals surface area contributed by atoms with Gasteiger partial charge in [-0.3, -0.25) is 0 Å². The van der Waals surface area contributed by atoms with Gasteiger partial charge in [-0.25, -0.2) is 0 Å². The van der Waals surface area contributed by atoms with Crippen molar-refractivity contribution in [2.75, 3.05) is 0 Å². The summed E-state index contributed by atoms with van der Waals surface area (Å²) in [5.74, 6) is 0. The Balaban J connectivity index is 0.00000112. The summed E-state index contributed by atoms with van der Waals surface area (Å²) in [7, 11) is 0. The quantitative estimate of drug-likeness (QED) is 0.453. The molecule has 2 aliphatic rings. The maximum Gasteiger partial charge on any atom is -1.00 e. The molecule has 0 fully saturated rings. The van der Waals surface area contributed by atoms with Crippen molar-refractivity contribution in [3.63, 3.8) is 0 Å². The van der Waals surface area contributed by atoms with Crippen molar-refractivity contribution in [2.45, 2.75) is 30.4 Å². The van der Waals surface area contributed by atoms with Crippen LogP contribution in [0.4, 0.5) is 0 Å². The van der Waals surface area contributed by atoms with E-state index in [2.05, 4.69) is 51.2 Å². The Labute approximate surface area is 122 Å². The average Bonchev–Trinajstić information content (AvgIpc) is 2.64. The van der Waals surface area contributed by atoms with Crippen LogP contribution in [0.15, 0.2) is 44.9 Å². The van der Waals surface area contributed by atoms with Crippen LogP contribution in [-0.2, 0) is 22.9 Å². The van der Waals surface area contributed by atoms with Crippen LogP contribution in [0.25, 0.3) is 0 Å². The van der Waals surface area contributed by atoms with Gasteiger partial charge in [0, 0.05) is 0 Å². The van der Waals surface area contributed by atoms with Gasteiger partial charge in [-0.05, 0) is 0 Å². The fraction of sp³-hybridized carbons (Fsp3) is 0.385. The van der Waals surface area contributed by atoms with Crippen LogP contribution < -0.4 is 24.8 Å². The van der Waals surface area contributed by atoms with Crippen LogP contribution in [0.5, 0.6) is 0 Å². The van der Waals surface area contributed by atoms with E-state index < -0.39 is 22.9 Å². The van der Waals surface area contributed by atoms with E-state index in [1.807, 2.05) is 0 Å². The second-order valence-corrected chi connectivity index (χ2v) is 11.1. The number of allylic oxidation sites excluding steroid dienone is 8. The second kappa shape index (κ2) is 6.37. The van der Waals surface area contributed by atoms with Gasteiger partial charge in [0.25, 0.3) is 0 Å². The van der Waals surface area contributed by atoms with Crippen LogP contribution >= 0.6 is 0 Å². The average molecular weight is 422 g/mol. The Morgan fingerprint density at radius 2 is 1.94 bits per heavy atom. The van der Waals surface area contributed by atoms with E-state index in [0.717, 1.165) is 0 Å². The van der Waals surface area contributed by atoms with Crippen LogP contribution in [0.1, 0.15) is 27.2 Å². The molecule has 0 saturated carbocycles. The smallest absolute Gasteiger partial charge is 1.00 e. The van der Waals surface area contributed by atoms with Gasteiger partial charge in [0.05, 0.1) is 0 Å². The van der Waals surface area contributed by atoms with E-state index in [9.17, 15) is 0 Å². The second-order valence-electron chi connectivity index (χ2n) is 4.30. The van der Waals surface area contributed by atoms with Gasteiger partial charge in [0.1, 0.15) is 0 Å². The predicted octanol–water partition coefficient (Wildman–Crippen LogP) is -1.99. The minimum Gasteiger partial charge on any atom is -1.00 e. The number of hydrogen-bond donors (Lipinski definition) is 0. The van der Waals surface area contributed by atoms with Crippen LogP contribution in [0.3, 0.4) is 0 Å². The molecule has 0 aromatic heterocycles. The summed E-state index contributed by atoms with van der Waals surface area (Å²) in [5.41, 5.74) is 3.13. The van der Waals surface area contributed by atoms with E-state index in [-0.39, 0.29) is 24.8 Å². The molecule has 0 radical (unpaired) electrons. The largest absolute Gasteiger partial charge is 1.00 e. The summed E-state index contributed by atoms with van der Waals surface area (Å²) in [6.07, 6.45) is 12.8. The van der Waals surface area contributed by atoms with Gasteiger partial charge in [-0.2, -0.15) is 0 Å². The van der Waals surface area contributed by atoms with E-state index >= 15 is 0 Å². The molecule has 0 bridgehead atoms. The van der Waals surface area contributed by atoms with Crippen molar-refractivity contribution in [1.82, 2.24) is 0 Å². The minimum absolute atomic E-state index is 0. The molecule has 0 heterocycles. The van der Waals surface area contributed by atoms with Crippen molar-refractivity contribution in [3.05, 3.63) is 44.9 Å². The first-order valence-electron chi connectivity index (χ1n) is 5.13. The first-order chi connectivity index (χ1) is 6.62. The molecule has 0 saturated heterocycles. The van der Waals surface area contributed by atoms with Gasteiger partial charge in [-0.15, -0.1) is 0 Å². The fourth-order valence-corrected chi connectivity index (χ4v) is 7.61. The maximum atomic E-state index is 2.42. The molecule has 3 heteroatoms. The molecule has 86 valence electrons. The number of rotatable bonds is 2. The molecule has 0 aliphatic heterocycles. The van der Waals surface area contributed by atoms with Crippen molar-refractivity contribution < 1.29 is 47.7 Å². The summed E-state index contributed by atoms with van der Waals surface area (Å²) in [4.78, 5) is 0. The van der Waals surface area contributed by atoms with Crippen LogP contribution in [0.2, 0.25) is 3.17 Å². The molecule has 0 aromatic carbocycles. The molecule has 0 nitrogen and oxygen atoms in total. The predicted molar refractivity (Wildman–Crippen MR) is 57.7 cm³/mol. The molecule has 16 heavy (non-hydrogen) atoms. The molecule has 2 aliphatic carbocycles. The Morgan fingerprint density at radius 3 is 2.38 bits per heavy atom. The molecule has 0 spiro atoms. The Bertz CT molecular complexity index is 377. The molecule has 0 N–H and O–H groups in total. The molecule has 2 rings (SSSR count). The third-order valence-corrected chi connectivity index (χ3v) is 10.3. The molecule has 0 aromatic rings. The standard InChI is InChI=1S/C7H9.C6H7.2ClH.Hf/c1-6-4-3-5-7(6)2;1-6-4-2-3-5-6;;;/h3-5H,1-2H3;2,4H,3H2,1H3;2*1H;/q;;;;+2/p-2. The molecular weight excluding hydrogens is 406 g/mol. The summed E-state index contributed by atoms with van der Waals surface area (Å²) in [5, 5.41) is 0. The van der Waals surface area contributed by atoms with Gasteiger partial charge in [0.15, 0.2) is 0 Å². The third-order valence-electron chi connectivity index (χ3n) is 3.17. The van der Waals surface area contributed by atoms with E-state index in [1.165, 1.54) is 6.42 Å². The normalized spacial score (nSPS) is 26.1. The van der Waals surface area contributed by atoms with Crippen molar-refractivity contribution in [3.8, 4) is 0 Å².